The first-order valence-electron chi connectivity index (χ1n) is 13.2. The molecular weight excluding hydrogens is 428 g/mol. The molecule has 1 aliphatic rings. The molecule has 2 aromatic rings. The van der Waals surface area contributed by atoms with E-state index in [4.69, 9.17) is 4.74 Å². The van der Waals surface area contributed by atoms with Crippen molar-refractivity contribution in [2.45, 2.75) is 122 Å². The minimum atomic E-state index is -0.427. The van der Waals surface area contributed by atoms with E-state index in [1.54, 1.807) is 4.57 Å². The number of imidazole rings is 1. The van der Waals surface area contributed by atoms with Crippen LogP contribution in [-0.2, 0) is 20.9 Å². The van der Waals surface area contributed by atoms with Gasteiger partial charge in [-0.2, -0.15) is 0 Å². The molecule has 6 heteroatoms. The van der Waals surface area contributed by atoms with E-state index in [2.05, 4.69) is 0 Å². The normalized spacial score (nSPS) is 17.9. The van der Waals surface area contributed by atoms with Gasteiger partial charge in [-0.25, -0.2) is 4.79 Å². The first-order valence-corrected chi connectivity index (χ1v) is 13.2. The Hall–Kier alpha value is -2.37. The molecule has 0 N–H and O–H groups in total. The summed E-state index contributed by atoms with van der Waals surface area (Å²) in [6.45, 7) is 6.31. The van der Waals surface area contributed by atoms with E-state index in [-0.39, 0.29) is 23.5 Å². The first kappa shape index (κ1) is 26.2. The van der Waals surface area contributed by atoms with Crippen molar-refractivity contribution in [2.75, 3.05) is 0 Å². The van der Waals surface area contributed by atoms with Crippen molar-refractivity contribution in [3.8, 4) is 0 Å². The van der Waals surface area contributed by atoms with Crippen LogP contribution in [0.5, 0.6) is 0 Å². The number of carbonyl (C=O) groups excluding carboxylic acids is 2. The van der Waals surface area contributed by atoms with Crippen LogP contribution in [0.2, 0.25) is 0 Å². The second-order valence-corrected chi connectivity index (χ2v) is 10.7. The van der Waals surface area contributed by atoms with Crippen LogP contribution in [0.4, 0.5) is 0 Å². The standard InChI is InChI=1S/C28H42N2O4/c1-28(2,3)34-26(32)20-12-8-5-9-15-21-29-22-16-13-14-17-23(22)30(27(29)33)24-18-10-6-4-7-11-19-25(24)31/h13-14,16-17,24H,4-12,15,18-21H2,1-3H3. The van der Waals surface area contributed by atoms with Crippen molar-refractivity contribution in [1.29, 1.82) is 0 Å². The number of fused-ring (bicyclic) bond motifs is 1. The largest absolute Gasteiger partial charge is 0.460 e. The summed E-state index contributed by atoms with van der Waals surface area (Å²) in [6, 6.07) is 7.54. The molecular formula is C28H42N2O4. The summed E-state index contributed by atoms with van der Waals surface area (Å²) in [4.78, 5) is 38.3. The molecule has 6 nitrogen and oxygen atoms in total. The fraction of sp³-hybridized carbons (Fsp3) is 0.679. The van der Waals surface area contributed by atoms with Crippen LogP contribution in [0, 0.1) is 0 Å². The zero-order valence-corrected chi connectivity index (χ0v) is 21.3. The lowest BCUT2D eigenvalue weighted by atomic mass is 10.0. The van der Waals surface area contributed by atoms with E-state index >= 15 is 0 Å². The number of aryl methyl sites for hydroxylation is 1. The molecule has 1 aromatic heterocycles. The fourth-order valence-corrected chi connectivity index (χ4v) is 4.98. The summed E-state index contributed by atoms with van der Waals surface area (Å²) < 4.78 is 8.99. The number of aromatic nitrogens is 2. The zero-order chi connectivity index (χ0) is 24.6. The molecule has 1 aliphatic carbocycles. The Morgan fingerprint density at radius 2 is 1.56 bits per heavy atom. The van der Waals surface area contributed by atoms with E-state index in [0.717, 1.165) is 75.2 Å². The Bertz CT molecular complexity index is 1010. The summed E-state index contributed by atoms with van der Waals surface area (Å²) in [7, 11) is 0. The Balaban J connectivity index is 1.60. The number of unbranched alkanes of at least 4 members (excludes halogenated alkanes) is 4. The highest BCUT2D eigenvalue weighted by Crippen LogP contribution is 2.26. The van der Waals surface area contributed by atoms with E-state index in [1.165, 1.54) is 6.42 Å². The molecule has 1 heterocycles. The molecule has 3 rings (SSSR count). The topological polar surface area (TPSA) is 70.3 Å². The maximum absolute atomic E-state index is 13.5. The minimum Gasteiger partial charge on any atom is -0.460 e. The average Bonchev–Trinajstić information content (AvgIpc) is 3.09. The second-order valence-electron chi connectivity index (χ2n) is 10.7. The Morgan fingerprint density at radius 3 is 2.32 bits per heavy atom. The lowest BCUT2D eigenvalue weighted by molar-refractivity contribution is -0.154. The minimum absolute atomic E-state index is 0.0521. The summed E-state index contributed by atoms with van der Waals surface area (Å²) in [5.74, 6) is 0.0724. The van der Waals surface area contributed by atoms with Gasteiger partial charge in [-0.1, -0.05) is 57.1 Å². The van der Waals surface area contributed by atoms with Crippen LogP contribution >= 0.6 is 0 Å². The maximum Gasteiger partial charge on any atom is 0.329 e. The van der Waals surface area contributed by atoms with Crippen LogP contribution in [-0.4, -0.2) is 26.5 Å². The summed E-state index contributed by atoms with van der Waals surface area (Å²) in [6.07, 6.45) is 11.8. The number of para-hydroxylation sites is 2. The summed E-state index contributed by atoms with van der Waals surface area (Å²) in [5.41, 5.74) is 1.32. The van der Waals surface area contributed by atoms with E-state index in [1.807, 2.05) is 49.6 Å². The predicted octanol–water partition coefficient (Wildman–Crippen LogP) is 6.34. The Morgan fingerprint density at radius 1 is 0.912 bits per heavy atom. The van der Waals surface area contributed by atoms with Gasteiger partial charge in [-0.3, -0.25) is 18.7 Å². The molecule has 1 atom stereocenters. The quantitative estimate of drug-likeness (QED) is 0.317. The summed E-state index contributed by atoms with van der Waals surface area (Å²) >= 11 is 0. The lowest BCUT2D eigenvalue weighted by Crippen LogP contribution is -2.31. The smallest absolute Gasteiger partial charge is 0.329 e. The highest BCUT2D eigenvalue weighted by atomic mass is 16.6. The van der Waals surface area contributed by atoms with Crippen molar-refractivity contribution in [3.05, 3.63) is 34.7 Å². The number of nitrogens with zero attached hydrogens (tertiary/aromatic N) is 2. The van der Waals surface area contributed by atoms with Crippen molar-refractivity contribution < 1.29 is 14.3 Å². The number of carbonyl (C=O) groups is 2. The summed E-state index contributed by atoms with van der Waals surface area (Å²) in [5, 5.41) is 0. The molecule has 0 spiro atoms. The predicted molar refractivity (Wildman–Crippen MR) is 136 cm³/mol. The number of hydrogen-bond donors (Lipinski definition) is 0. The maximum atomic E-state index is 13.5. The molecule has 1 unspecified atom stereocenters. The van der Waals surface area contributed by atoms with Gasteiger partial charge in [0.1, 0.15) is 5.60 Å². The third-order valence-corrected chi connectivity index (χ3v) is 6.64. The third-order valence-electron chi connectivity index (χ3n) is 6.64. The highest BCUT2D eigenvalue weighted by molar-refractivity contribution is 5.85. The molecule has 188 valence electrons. The van der Waals surface area contributed by atoms with Crippen molar-refractivity contribution >= 4 is 22.8 Å². The van der Waals surface area contributed by atoms with Crippen LogP contribution in [0.3, 0.4) is 0 Å². The molecule has 0 bridgehead atoms. The van der Waals surface area contributed by atoms with Crippen LogP contribution in [0.25, 0.3) is 11.0 Å². The van der Waals surface area contributed by atoms with E-state index < -0.39 is 5.60 Å². The Kier molecular flexibility index (Phi) is 9.54. The van der Waals surface area contributed by atoms with Gasteiger partial charge in [0, 0.05) is 19.4 Å². The van der Waals surface area contributed by atoms with Crippen molar-refractivity contribution in [1.82, 2.24) is 9.13 Å². The molecule has 1 fully saturated rings. The van der Waals surface area contributed by atoms with E-state index in [9.17, 15) is 14.4 Å². The number of rotatable bonds is 9. The molecule has 0 saturated heterocycles. The van der Waals surface area contributed by atoms with E-state index in [0.29, 0.717) is 19.4 Å². The van der Waals surface area contributed by atoms with Gasteiger partial charge in [0.15, 0.2) is 5.78 Å². The number of benzene rings is 1. The van der Waals surface area contributed by atoms with Crippen LogP contribution in [0.1, 0.15) is 110 Å². The number of esters is 1. The average molecular weight is 471 g/mol. The molecule has 0 amide bonds. The van der Waals surface area contributed by atoms with Gasteiger partial charge in [-0.15, -0.1) is 0 Å². The molecule has 0 radical (unpaired) electrons. The number of Topliss-reactive ketones (excluding diaryl/α,β-unsaturated/α-hetero) is 1. The van der Waals surface area contributed by atoms with Gasteiger partial charge in [-0.05, 0) is 58.6 Å². The molecule has 0 aliphatic heterocycles. The zero-order valence-electron chi connectivity index (χ0n) is 21.3. The molecule has 1 aromatic carbocycles. The van der Waals surface area contributed by atoms with Gasteiger partial charge in [0.25, 0.3) is 0 Å². The fourth-order valence-electron chi connectivity index (χ4n) is 4.98. The number of ketones is 1. The van der Waals surface area contributed by atoms with Gasteiger partial charge in [0.2, 0.25) is 0 Å². The first-order chi connectivity index (χ1) is 16.3. The van der Waals surface area contributed by atoms with Crippen molar-refractivity contribution in [2.24, 2.45) is 0 Å². The number of ether oxygens (including phenoxy) is 1. The Labute approximate surface area is 203 Å². The third kappa shape index (κ3) is 7.31. The lowest BCUT2D eigenvalue weighted by Gasteiger charge is -2.19. The van der Waals surface area contributed by atoms with Crippen LogP contribution < -0.4 is 5.69 Å². The van der Waals surface area contributed by atoms with Crippen molar-refractivity contribution in [3.63, 3.8) is 0 Å². The monoisotopic (exact) mass is 470 g/mol. The van der Waals surface area contributed by atoms with Crippen LogP contribution in [0.15, 0.2) is 29.1 Å². The van der Waals surface area contributed by atoms with Gasteiger partial charge < -0.3 is 4.74 Å². The highest BCUT2D eigenvalue weighted by Gasteiger charge is 2.26. The number of hydrogen-bond acceptors (Lipinski definition) is 4. The van der Waals surface area contributed by atoms with Gasteiger partial charge in [0.05, 0.1) is 17.1 Å². The van der Waals surface area contributed by atoms with Gasteiger partial charge >= 0.3 is 11.7 Å². The molecule has 34 heavy (non-hydrogen) atoms. The second kappa shape index (κ2) is 12.4. The SMILES string of the molecule is CC(C)(C)OC(=O)CCCCCCCn1c(=O)n(C2CCCCCCCC2=O)c2ccccc21. The molecule has 1 saturated carbocycles.